The summed E-state index contributed by atoms with van der Waals surface area (Å²) in [7, 11) is 0. The van der Waals surface area contributed by atoms with Gasteiger partial charge < -0.3 is 15.0 Å². The molecule has 2 saturated heterocycles. The standard InChI is InChI=1S/C25H31N3O3/c29-24(27-13-7-16-31-17-15-27)18-23-25(30)26-12-14-28(23)19-22(20-8-3-1-4-9-20)21-10-5-2-6-11-21/h1-6,8-11,22-23H,7,12-19H2,(H,26,30). The summed E-state index contributed by atoms with van der Waals surface area (Å²) < 4.78 is 5.47. The van der Waals surface area contributed by atoms with E-state index in [1.54, 1.807) is 0 Å². The Morgan fingerprint density at radius 3 is 2.32 bits per heavy atom. The lowest BCUT2D eigenvalue weighted by molar-refractivity contribution is -0.139. The Morgan fingerprint density at radius 1 is 0.968 bits per heavy atom. The van der Waals surface area contributed by atoms with Gasteiger partial charge in [-0.05, 0) is 17.5 Å². The Morgan fingerprint density at radius 2 is 1.65 bits per heavy atom. The van der Waals surface area contributed by atoms with Crippen LogP contribution in [-0.2, 0) is 14.3 Å². The van der Waals surface area contributed by atoms with Crippen molar-refractivity contribution in [1.29, 1.82) is 0 Å². The van der Waals surface area contributed by atoms with E-state index < -0.39 is 6.04 Å². The molecular formula is C25H31N3O3. The summed E-state index contributed by atoms with van der Waals surface area (Å²) in [5, 5.41) is 2.96. The molecule has 2 amide bonds. The topological polar surface area (TPSA) is 61.9 Å². The SMILES string of the molecule is O=C1NCCN(CC(c2ccccc2)c2ccccc2)C1CC(=O)N1CCCOCC1. The number of nitrogens with one attached hydrogen (secondary N) is 1. The molecule has 164 valence electrons. The molecule has 0 saturated carbocycles. The van der Waals surface area contributed by atoms with Crippen molar-refractivity contribution < 1.29 is 14.3 Å². The summed E-state index contributed by atoms with van der Waals surface area (Å²) >= 11 is 0. The predicted molar refractivity (Wildman–Crippen MR) is 120 cm³/mol. The minimum absolute atomic E-state index is 0.0357. The van der Waals surface area contributed by atoms with Gasteiger partial charge in [0.2, 0.25) is 11.8 Å². The van der Waals surface area contributed by atoms with Crippen LogP contribution < -0.4 is 5.32 Å². The van der Waals surface area contributed by atoms with Crippen LogP contribution in [0.1, 0.15) is 29.9 Å². The van der Waals surface area contributed by atoms with Gasteiger partial charge in [-0.3, -0.25) is 14.5 Å². The molecule has 2 heterocycles. The van der Waals surface area contributed by atoms with Crippen LogP contribution in [0.3, 0.4) is 0 Å². The van der Waals surface area contributed by atoms with Crippen molar-refractivity contribution in [2.24, 2.45) is 0 Å². The molecule has 4 rings (SSSR count). The summed E-state index contributed by atoms with van der Waals surface area (Å²) in [5.41, 5.74) is 2.43. The molecule has 1 unspecified atom stereocenters. The second kappa shape index (κ2) is 10.6. The highest BCUT2D eigenvalue weighted by atomic mass is 16.5. The van der Waals surface area contributed by atoms with Crippen molar-refractivity contribution in [1.82, 2.24) is 15.1 Å². The Balaban J connectivity index is 1.53. The van der Waals surface area contributed by atoms with Crippen molar-refractivity contribution in [2.75, 3.05) is 45.9 Å². The second-order valence-corrected chi connectivity index (χ2v) is 8.23. The first-order valence-electron chi connectivity index (χ1n) is 11.2. The van der Waals surface area contributed by atoms with E-state index in [1.165, 1.54) is 11.1 Å². The first-order valence-corrected chi connectivity index (χ1v) is 11.2. The summed E-state index contributed by atoms with van der Waals surface area (Å²) in [6.45, 7) is 4.60. The number of hydrogen-bond donors (Lipinski definition) is 1. The van der Waals surface area contributed by atoms with Crippen LogP contribution in [0.15, 0.2) is 60.7 Å². The number of benzene rings is 2. The quantitative estimate of drug-likeness (QED) is 0.777. The van der Waals surface area contributed by atoms with Crippen LogP contribution in [0.5, 0.6) is 0 Å². The summed E-state index contributed by atoms with van der Waals surface area (Å²) in [4.78, 5) is 29.8. The van der Waals surface area contributed by atoms with E-state index in [2.05, 4.69) is 58.7 Å². The third-order valence-corrected chi connectivity index (χ3v) is 6.21. The number of hydrogen-bond acceptors (Lipinski definition) is 4. The molecular weight excluding hydrogens is 390 g/mol. The van der Waals surface area contributed by atoms with Gasteiger partial charge >= 0.3 is 0 Å². The van der Waals surface area contributed by atoms with E-state index in [-0.39, 0.29) is 24.2 Å². The van der Waals surface area contributed by atoms with Crippen molar-refractivity contribution >= 4 is 11.8 Å². The summed E-state index contributed by atoms with van der Waals surface area (Å²) in [6, 6.07) is 20.4. The number of ether oxygens (including phenoxy) is 1. The van der Waals surface area contributed by atoms with Gasteiger partial charge in [-0.25, -0.2) is 0 Å². The van der Waals surface area contributed by atoms with E-state index in [9.17, 15) is 9.59 Å². The smallest absolute Gasteiger partial charge is 0.237 e. The molecule has 0 aliphatic carbocycles. The highest BCUT2D eigenvalue weighted by Crippen LogP contribution is 2.27. The molecule has 0 spiro atoms. The normalized spacial score (nSPS) is 20.4. The van der Waals surface area contributed by atoms with E-state index >= 15 is 0 Å². The minimum atomic E-state index is -0.444. The first-order chi connectivity index (χ1) is 15.2. The fraction of sp³-hybridized carbons (Fsp3) is 0.440. The van der Waals surface area contributed by atoms with Gasteiger partial charge in [-0.1, -0.05) is 60.7 Å². The van der Waals surface area contributed by atoms with E-state index in [4.69, 9.17) is 4.74 Å². The minimum Gasteiger partial charge on any atom is -0.380 e. The molecule has 1 N–H and O–H groups in total. The van der Waals surface area contributed by atoms with Crippen molar-refractivity contribution in [3.8, 4) is 0 Å². The number of rotatable bonds is 6. The molecule has 1 atom stereocenters. The molecule has 6 nitrogen and oxygen atoms in total. The van der Waals surface area contributed by atoms with Crippen molar-refractivity contribution in [2.45, 2.75) is 24.8 Å². The molecule has 0 aromatic heterocycles. The van der Waals surface area contributed by atoms with Crippen LogP contribution in [0, 0.1) is 0 Å². The number of nitrogens with zero attached hydrogens (tertiary/aromatic N) is 2. The number of carbonyl (C=O) groups is 2. The van der Waals surface area contributed by atoms with Gasteiger partial charge in [0.05, 0.1) is 19.1 Å². The van der Waals surface area contributed by atoms with Crippen molar-refractivity contribution in [3.05, 3.63) is 71.8 Å². The molecule has 31 heavy (non-hydrogen) atoms. The largest absolute Gasteiger partial charge is 0.380 e. The summed E-state index contributed by atoms with van der Waals surface area (Å²) in [6.07, 6.45) is 1.05. The number of carbonyl (C=O) groups excluding carboxylic acids is 2. The van der Waals surface area contributed by atoms with Crippen LogP contribution in [-0.4, -0.2) is 73.6 Å². The molecule has 2 aliphatic rings. The zero-order valence-electron chi connectivity index (χ0n) is 17.9. The van der Waals surface area contributed by atoms with Gasteiger partial charge in [0.25, 0.3) is 0 Å². The van der Waals surface area contributed by atoms with Crippen LogP contribution in [0.25, 0.3) is 0 Å². The van der Waals surface area contributed by atoms with E-state index in [0.29, 0.717) is 39.4 Å². The Hall–Kier alpha value is -2.70. The van der Waals surface area contributed by atoms with E-state index in [0.717, 1.165) is 13.0 Å². The first kappa shape index (κ1) is 21.5. The maximum absolute atomic E-state index is 13.0. The Kier molecular flexibility index (Phi) is 7.33. The molecule has 6 heteroatoms. The second-order valence-electron chi connectivity index (χ2n) is 8.23. The molecule has 2 aromatic carbocycles. The average Bonchev–Trinajstić information content (AvgIpc) is 3.10. The lowest BCUT2D eigenvalue weighted by Crippen LogP contribution is -2.57. The van der Waals surface area contributed by atoms with Gasteiger partial charge in [-0.2, -0.15) is 0 Å². The third kappa shape index (κ3) is 5.51. The number of amides is 2. The number of piperazine rings is 1. The highest BCUT2D eigenvalue weighted by molar-refractivity contribution is 5.88. The zero-order chi connectivity index (χ0) is 21.5. The monoisotopic (exact) mass is 421 g/mol. The maximum Gasteiger partial charge on any atom is 0.237 e. The molecule has 0 bridgehead atoms. The lowest BCUT2D eigenvalue weighted by Gasteiger charge is -2.38. The summed E-state index contributed by atoms with van der Waals surface area (Å²) in [5.74, 6) is 0.122. The molecule has 2 aliphatic heterocycles. The molecule has 0 radical (unpaired) electrons. The van der Waals surface area contributed by atoms with Gasteiger partial charge in [0.15, 0.2) is 0 Å². The van der Waals surface area contributed by atoms with E-state index in [1.807, 2.05) is 17.0 Å². The Bertz CT molecular complexity index is 811. The van der Waals surface area contributed by atoms with Gasteiger partial charge in [-0.15, -0.1) is 0 Å². The predicted octanol–water partition coefficient (Wildman–Crippen LogP) is 2.26. The van der Waals surface area contributed by atoms with Gasteiger partial charge in [0, 0.05) is 45.2 Å². The van der Waals surface area contributed by atoms with Crippen LogP contribution in [0.4, 0.5) is 0 Å². The molecule has 2 aromatic rings. The third-order valence-electron chi connectivity index (χ3n) is 6.21. The Labute approximate surface area is 184 Å². The highest BCUT2D eigenvalue weighted by Gasteiger charge is 2.34. The van der Waals surface area contributed by atoms with Gasteiger partial charge in [0.1, 0.15) is 0 Å². The lowest BCUT2D eigenvalue weighted by atomic mass is 9.90. The van der Waals surface area contributed by atoms with Crippen LogP contribution in [0.2, 0.25) is 0 Å². The zero-order valence-corrected chi connectivity index (χ0v) is 17.9. The fourth-order valence-electron chi connectivity index (χ4n) is 4.50. The fourth-order valence-corrected chi connectivity index (χ4v) is 4.50. The van der Waals surface area contributed by atoms with Crippen molar-refractivity contribution in [3.63, 3.8) is 0 Å². The maximum atomic E-state index is 13.0. The molecule has 2 fully saturated rings. The van der Waals surface area contributed by atoms with Crippen LogP contribution >= 0.6 is 0 Å². The average molecular weight is 422 g/mol.